The van der Waals surface area contributed by atoms with Crippen LogP contribution >= 0.6 is 22.9 Å². The lowest BCUT2D eigenvalue weighted by Gasteiger charge is -2.37. The predicted molar refractivity (Wildman–Crippen MR) is 71.2 cm³/mol. The average molecular weight is 290 g/mol. The third-order valence-corrected chi connectivity index (χ3v) is 4.71. The summed E-state index contributed by atoms with van der Waals surface area (Å²) in [6, 6.07) is 1.96. The number of likely N-dealkylation sites (tertiary alicyclic amines) is 1. The number of piperidine rings is 1. The fraction of sp³-hybridized carbons (Fsp3) is 0.583. The van der Waals surface area contributed by atoms with Gasteiger partial charge in [0.1, 0.15) is 0 Å². The van der Waals surface area contributed by atoms with E-state index < -0.39 is 11.6 Å². The first-order valence-corrected chi connectivity index (χ1v) is 7.05. The fourth-order valence-electron chi connectivity index (χ4n) is 2.23. The van der Waals surface area contributed by atoms with E-state index in [9.17, 15) is 9.90 Å². The summed E-state index contributed by atoms with van der Waals surface area (Å²) in [5.74, 6) is -0.858. The molecule has 1 fully saturated rings. The van der Waals surface area contributed by atoms with E-state index in [1.165, 1.54) is 12.0 Å². The molecule has 0 saturated carbocycles. The van der Waals surface area contributed by atoms with Gasteiger partial charge in [-0.3, -0.25) is 4.90 Å². The molecule has 1 aromatic heterocycles. The van der Waals surface area contributed by atoms with Crippen LogP contribution in [0.4, 0.5) is 0 Å². The van der Waals surface area contributed by atoms with Gasteiger partial charge in [-0.2, -0.15) is 0 Å². The number of carboxylic acids is 1. The molecule has 0 amide bonds. The van der Waals surface area contributed by atoms with Crippen molar-refractivity contribution in [3.8, 4) is 0 Å². The van der Waals surface area contributed by atoms with Gasteiger partial charge in [0.05, 0.1) is 5.02 Å². The van der Waals surface area contributed by atoms with E-state index in [4.69, 9.17) is 16.3 Å². The quantitative estimate of drug-likeness (QED) is 0.925. The molecule has 0 aromatic carbocycles. The highest BCUT2D eigenvalue weighted by Crippen LogP contribution is 2.28. The summed E-state index contributed by atoms with van der Waals surface area (Å²) in [4.78, 5) is 14.7. The number of methoxy groups -OCH3 is 1. The number of thiophene rings is 1. The molecule has 1 N–H and O–H groups in total. The summed E-state index contributed by atoms with van der Waals surface area (Å²) in [5, 5.41) is 11.9. The molecule has 2 heterocycles. The van der Waals surface area contributed by atoms with Crippen molar-refractivity contribution < 1.29 is 14.6 Å². The van der Waals surface area contributed by atoms with Gasteiger partial charge in [0.25, 0.3) is 0 Å². The van der Waals surface area contributed by atoms with Gasteiger partial charge in [-0.05, 0) is 18.9 Å². The van der Waals surface area contributed by atoms with E-state index in [0.717, 1.165) is 24.7 Å². The first kappa shape index (κ1) is 13.8. The molecule has 18 heavy (non-hydrogen) atoms. The highest BCUT2D eigenvalue weighted by atomic mass is 35.5. The monoisotopic (exact) mass is 289 g/mol. The molecular formula is C12H16ClNO3S. The molecule has 1 aliphatic heterocycles. The summed E-state index contributed by atoms with van der Waals surface area (Å²) in [6.07, 6.45) is 1.05. The van der Waals surface area contributed by atoms with Crippen LogP contribution in [0.25, 0.3) is 0 Å². The topological polar surface area (TPSA) is 49.8 Å². The van der Waals surface area contributed by atoms with E-state index in [2.05, 4.69) is 4.90 Å². The number of aliphatic carboxylic acids is 1. The van der Waals surface area contributed by atoms with Gasteiger partial charge in [-0.15, -0.1) is 11.3 Å². The van der Waals surface area contributed by atoms with Gasteiger partial charge in [0, 0.05) is 37.0 Å². The molecule has 0 unspecified atom stereocenters. The van der Waals surface area contributed by atoms with Crippen LogP contribution in [0.3, 0.4) is 0 Å². The number of halogens is 1. The van der Waals surface area contributed by atoms with Crippen LogP contribution in [0, 0.1) is 0 Å². The third kappa shape index (κ3) is 2.85. The maximum atomic E-state index is 11.2. The van der Waals surface area contributed by atoms with Crippen LogP contribution in [-0.4, -0.2) is 41.8 Å². The Balaban J connectivity index is 1.92. The van der Waals surface area contributed by atoms with Crippen LogP contribution in [0.2, 0.25) is 5.02 Å². The second kappa shape index (κ2) is 5.57. The Morgan fingerprint density at radius 2 is 2.28 bits per heavy atom. The van der Waals surface area contributed by atoms with Crippen molar-refractivity contribution in [3.05, 3.63) is 21.3 Å². The van der Waals surface area contributed by atoms with Crippen LogP contribution < -0.4 is 0 Å². The van der Waals surface area contributed by atoms with Crippen LogP contribution in [0.15, 0.2) is 11.4 Å². The SMILES string of the molecule is COC1(C(=O)O)CCN(Cc2cc(Cl)cs2)CC1. The Morgan fingerprint density at radius 1 is 1.61 bits per heavy atom. The van der Waals surface area contributed by atoms with Gasteiger partial charge < -0.3 is 9.84 Å². The van der Waals surface area contributed by atoms with Crippen molar-refractivity contribution >= 4 is 28.9 Å². The van der Waals surface area contributed by atoms with Gasteiger partial charge in [-0.25, -0.2) is 4.79 Å². The van der Waals surface area contributed by atoms with Crippen molar-refractivity contribution in [2.45, 2.75) is 25.0 Å². The smallest absolute Gasteiger partial charge is 0.336 e. The second-order valence-corrected chi connectivity index (χ2v) is 5.94. The maximum Gasteiger partial charge on any atom is 0.336 e. The predicted octanol–water partition coefficient (Wildman–Crippen LogP) is 2.47. The van der Waals surface area contributed by atoms with Crippen LogP contribution in [0.1, 0.15) is 17.7 Å². The number of rotatable bonds is 4. The Kier molecular flexibility index (Phi) is 4.27. The lowest BCUT2D eigenvalue weighted by atomic mass is 9.91. The molecule has 0 radical (unpaired) electrons. The van der Waals surface area contributed by atoms with E-state index in [0.29, 0.717) is 12.8 Å². The summed E-state index contributed by atoms with van der Waals surface area (Å²) >= 11 is 7.52. The lowest BCUT2D eigenvalue weighted by Crippen LogP contribution is -2.50. The zero-order chi connectivity index (χ0) is 13.2. The first-order valence-electron chi connectivity index (χ1n) is 5.79. The average Bonchev–Trinajstić information content (AvgIpc) is 2.76. The maximum absolute atomic E-state index is 11.2. The number of carbonyl (C=O) groups is 1. The van der Waals surface area contributed by atoms with E-state index >= 15 is 0 Å². The van der Waals surface area contributed by atoms with Crippen LogP contribution in [-0.2, 0) is 16.1 Å². The summed E-state index contributed by atoms with van der Waals surface area (Å²) in [7, 11) is 1.48. The Morgan fingerprint density at radius 3 is 2.72 bits per heavy atom. The molecular weight excluding hydrogens is 274 g/mol. The molecule has 6 heteroatoms. The molecule has 0 aliphatic carbocycles. The normalized spacial score (nSPS) is 19.9. The highest BCUT2D eigenvalue weighted by Gasteiger charge is 2.41. The van der Waals surface area contributed by atoms with Gasteiger partial charge in [0.15, 0.2) is 5.60 Å². The van der Waals surface area contributed by atoms with Crippen LogP contribution in [0.5, 0.6) is 0 Å². The molecule has 1 saturated heterocycles. The number of carboxylic acid groups (broad SMARTS) is 1. The van der Waals surface area contributed by atoms with Crippen molar-refractivity contribution in [1.29, 1.82) is 0 Å². The summed E-state index contributed by atoms with van der Waals surface area (Å²) in [6.45, 7) is 2.29. The van der Waals surface area contributed by atoms with Gasteiger partial charge in [0.2, 0.25) is 0 Å². The van der Waals surface area contributed by atoms with Crippen molar-refractivity contribution in [2.75, 3.05) is 20.2 Å². The molecule has 0 spiro atoms. The van der Waals surface area contributed by atoms with Crippen molar-refractivity contribution in [1.82, 2.24) is 4.90 Å². The third-order valence-electron chi connectivity index (χ3n) is 3.45. The van der Waals surface area contributed by atoms with Gasteiger partial charge in [-0.1, -0.05) is 11.6 Å². The number of ether oxygens (including phenoxy) is 1. The fourth-order valence-corrected chi connectivity index (χ4v) is 3.35. The van der Waals surface area contributed by atoms with Crippen molar-refractivity contribution in [2.24, 2.45) is 0 Å². The van der Waals surface area contributed by atoms with E-state index in [1.54, 1.807) is 11.3 Å². The van der Waals surface area contributed by atoms with Crippen molar-refractivity contribution in [3.63, 3.8) is 0 Å². The number of nitrogens with zero attached hydrogens (tertiary/aromatic N) is 1. The Bertz CT molecular complexity index is 427. The summed E-state index contributed by atoms with van der Waals surface area (Å²) < 4.78 is 5.20. The molecule has 100 valence electrons. The molecule has 2 rings (SSSR count). The molecule has 4 nitrogen and oxygen atoms in total. The lowest BCUT2D eigenvalue weighted by molar-refractivity contribution is -0.168. The Hall–Kier alpha value is -0.620. The number of hydrogen-bond acceptors (Lipinski definition) is 4. The Labute approximate surface area is 115 Å². The molecule has 1 aromatic rings. The summed E-state index contributed by atoms with van der Waals surface area (Å²) in [5.41, 5.74) is -0.996. The minimum absolute atomic E-state index is 0.526. The van der Waals surface area contributed by atoms with E-state index in [1.807, 2.05) is 11.4 Å². The van der Waals surface area contributed by atoms with Gasteiger partial charge >= 0.3 is 5.97 Å². The minimum Gasteiger partial charge on any atom is -0.479 e. The molecule has 0 atom stereocenters. The molecule has 1 aliphatic rings. The molecule has 0 bridgehead atoms. The zero-order valence-electron chi connectivity index (χ0n) is 10.2. The zero-order valence-corrected chi connectivity index (χ0v) is 11.8. The van der Waals surface area contributed by atoms with E-state index in [-0.39, 0.29) is 0 Å². The highest BCUT2D eigenvalue weighted by molar-refractivity contribution is 7.10. The largest absolute Gasteiger partial charge is 0.479 e. The standard InChI is InChI=1S/C12H16ClNO3S/c1-17-12(11(15)16)2-4-14(5-3-12)7-10-6-9(13)8-18-10/h6,8H,2-5,7H2,1H3,(H,15,16). The minimum atomic E-state index is -0.996. The second-order valence-electron chi connectivity index (χ2n) is 4.51. The number of hydrogen-bond donors (Lipinski definition) is 1. The first-order chi connectivity index (χ1) is 8.55.